The van der Waals surface area contributed by atoms with Crippen molar-refractivity contribution in [2.24, 2.45) is 0 Å². The Labute approximate surface area is 150 Å². The summed E-state index contributed by atoms with van der Waals surface area (Å²) in [6.07, 6.45) is 4.98. The number of aryl methyl sites for hydroxylation is 1. The predicted molar refractivity (Wildman–Crippen MR) is 99.0 cm³/mol. The first kappa shape index (κ1) is 18.2. The molecule has 1 atom stereocenters. The highest BCUT2D eigenvalue weighted by molar-refractivity contribution is 5.89. The van der Waals surface area contributed by atoms with Gasteiger partial charge in [-0.3, -0.25) is 0 Å². The van der Waals surface area contributed by atoms with Crippen molar-refractivity contribution in [3.63, 3.8) is 0 Å². The summed E-state index contributed by atoms with van der Waals surface area (Å²) in [5.41, 5.74) is 2.00. The molecule has 2 saturated heterocycles. The van der Waals surface area contributed by atoms with Gasteiger partial charge in [-0.1, -0.05) is 19.1 Å². The van der Waals surface area contributed by atoms with Crippen LogP contribution in [0, 0.1) is 0 Å². The number of nitrogens with one attached hydrogen (secondary N) is 1. The van der Waals surface area contributed by atoms with Gasteiger partial charge in [-0.25, -0.2) is 4.79 Å². The van der Waals surface area contributed by atoms with Crippen LogP contribution in [-0.4, -0.2) is 48.9 Å². The monoisotopic (exact) mass is 346 g/mol. The molecule has 2 heterocycles. The second kappa shape index (κ2) is 8.19. The maximum Gasteiger partial charge on any atom is 0.321 e. The molecule has 5 nitrogen and oxygen atoms in total. The van der Waals surface area contributed by atoms with E-state index in [-0.39, 0.29) is 11.6 Å². The van der Waals surface area contributed by atoms with Gasteiger partial charge in [0.15, 0.2) is 0 Å². The van der Waals surface area contributed by atoms with Crippen LogP contribution in [0.25, 0.3) is 0 Å². The van der Waals surface area contributed by atoms with Crippen LogP contribution in [0.15, 0.2) is 24.3 Å². The van der Waals surface area contributed by atoms with Gasteiger partial charge in [0.05, 0.1) is 11.7 Å². The van der Waals surface area contributed by atoms with E-state index in [4.69, 9.17) is 9.47 Å². The summed E-state index contributed by atoms with van der Waals surface area (Å²) < 4.78 is 11.9. The molecule has 2 aliphatic heterocycles. The minimum absolute atomic E-state index is 0.0136. The third kappa shape index (κ3) is 4.53. The molecule has 2 aliphatic rings. The molecule has 5 heteroatoms. The number of carbonyl (C=O) groups is 1. The largest absolute Gasteiger partial charge is 0.378 e. The summed E-state index contributed by atoms with van der Waals surface area (Å²) in [4.78, 5) is 14.5. The molecule has 0 aromatic heterocycles. The zero-order valence-electron chi connectivity index (χ0n) is 15.4. The summed E-state index contributed by atoms with van der Waals surface area (Å²) in [6, 6.07) is 8.04. The molecule has 1 unspecified atom stereocenters. The van der Waals surface area contributed by atoms with Gasteiger partial charge in [0, 0.05) is 38.4 Å². The Morgan fingerprint density at radius 2 is 2.16 bits per heavy atom. The summed E-state index contributed by atoms with van der Waals surface area (Å²) in [6.45, 7) is 7.15. The number of piperidine rings is 1. The van der Waals surface area contributed by atoms with Crippen molar-refractivity contribution in [1.29, 1.82) is 0 Å². The fourth-order valence-electron chi connectivity index (χ4n) is 3.90. The zero-order valence-corrected chi connectivity index (χ0v) is 15.4. The highest BCUT2D eigenvalue weighted by Crippen LogP contribution is 2.36. The third-order valence-electron chi connectivity index (χ3n) is 5.40. The summed E-state index contributed by atoms with van der Waals surface area (Å²) in [7, 11) is 0. The van der Waals surface area contributed by atoms with Crippen LogP contribution >= 0.6 is 0 Å². The minimum atomic E-state index is -0.100. The van der Waals surface area contributed by atoms with E-state index in [0.29, 0.717) is 6.10 Å². The number of likely N-dealkylation sites (tertiary alicyclic amines) is 1. The summed E-state index contributed by atoms with van der Waals surface area (Å²) in [5, 5.41) is 3.03. The lowest BCUT2D eigenvalue weighted by molar-refractivity contribution is -0.150. The van der Waals surface area contributed by atoms with Crippen LogP contribution < -0.4 is 5.32 Å². The van der Waals surface area contributed by atoms with Gasteiger partial charge in [0.25, 0.3) is 0 Å². The number of anilines is 1. The lowest BCUT2D eigenvalue weighted by Crippen LogP contribution is -2.52. The smallest absolute Gasteiger partial charge is 0.321 e. The summed E-state index contributed by atoms with van der Waals surface area (Å²) in [5.74, 6) is 0. The van der Waals surface area contributed by atoms with Crippen molar-refractivity contribution < 1.29 is 14.3 Å². The van der Waals surface area contributed by atoms with Crippen molar-refractivity contribution in [1.82, 2.24) is 4.90 Å². The first-order chi connectivity index (χ1) is 12.1. The number of urea groups is 1. The molecule has 1 spiro atoms. The standard InChI is InChI=1S/C20H30N2O3/c1-3-16-6-5-7-17(14-16)21-19(23)22-11-9-20(10-12-22)15-18(24-4-2)8-13-25-20/h5-7,14,18H,3-4,8-13,15H2,1-2H3,(H,21,23). The highest BCUT2D eigenvalue weighted by Gasteiger charge is 2.41. The Hall–Kier alpha value is -1.59. The van der Waals surface area contributed by atoms with Crippen molar-refractivity contribution in [3.05, 3.63) is 29.8 Å². The number of hydrogen-bond acceptors (Lipinski definition) is 3. The SMILES string of the molecule is CCOC1CCOC2(CCN(C(=O)Nc3cccc(CC)c3)CC2)C1. The second-order valence-electron chi connectivity index (χ2n) is 7.07. The number of amides is 2. The molecule has 0 aliphatic carbocycles. The lowest BCUT2D eigenvalue weighted by atomic mass is 9.83. The number of carbonyl (C=O) groups excluding carboxylic acids is 1. The van der Waals surface area contributed by atoms with Crippen LogP contribution in [0.5, 0.6) is 0 Å². The molecule has 25 heavy (non-hydrogen) atoms. The quantitative estimate of drug-likeness (QED) is 0.901. The molecule has 1 aromatic rings. The Bertz CT molecular complexity index is 580. The first-order valence-electron chi connectivity index (χ1n) is 9.54. The molecule has 0 radical (unpaired) electrons. The van der Waals surface area contributed by atoms with E-state index < -0.39 is 0 Å². The van der Waals surface area contributed by atoms with Crippen molar-refractivity contribution in [2.45, 2.75) is 57.7 Å². The number of rotatable bonds is 4. The normalized spacial score (nSPS) is 22.8. The maximum absolute atomic E-state index is 12.6. The minimum Gasteiger partial charge on any atom is -0.378 e. The van der Waals surface area contributed by atoms with E-state index in [2.05, 4.69) is 18.3 Å². The van der Waals surface area contributed by atoms with E-state index in [1.165, 1.54) is 5.56 Å². The topological polar surface area (TPSA) is 50.8 Å². The fraction of sp³-hybridized carbons (Fsp3) is 0.650. The van der Waals surface area contributed by atoms with Crippen LogP contribution in [-0.2, 0) is 15.9 Å². The third-order valence-corrected chi connectivity index (χ3v) is 5.40. The van der Waals surface area contributed by atoms with Crippen LogP contribution in [0.2, 0.25) is 0 Å². The van der Waals surface area contributed by atoms with Gasteiger partial charge in [0.2, 0.25) is 0 Å². The molecule has 1 N–H and O–H groups in total. The molecule has 1 aromatic carbocycles. The molecule has 2 fully saturated rings. The van der Waals surface area contributed by atoms with Gasteiger partial charge < -0.3 is 19.7 Å². The Balaban J connectivity index is 1.53. The van der Waals surface area contributed by atoms with Gasteiger partial charge in [-0.05, 0) is 50.3 Å². The molecule has 3 rings (SSSR count). The molecule has 138 valence electrons. The van der Waals surface area contributed by atoms with Gasteiger partial charge in [-0.2, -0.15) is 0 Å². The molecule has 0 saturated carbocycles. The van der Waals surface area contributed by atoms with Gasteiger partial charge in [0.1, 0.15) is 0 Å². The van der Waals surface area contributed by atoms with Crippen molar-refractivity contribution in [3.8, 4) is 0 Å². The average molecular weight is 346 g/mol. The first-order valence-corrected chi connectivity index (χ1v) is 9.54. The second-order valence-corrected chi connectivity index (χ2v) is 7.07. The zero-order chi connectivity index (χ0) is 17.7. The Morgan fingerprint density at radius 3 is 2.88 bits per heavy atom. The van der Waals surface area contributed by atoms with Crippen LogP contribution in [0.4, 0.5) is 10.5 Å². The lowest BCUT2D eigenvalue weighted by Gasteiger charge is -2.45. The molecule has 2 amide bonds. The fourth-order valence-corrected chi connectivity index (χ4v) is 3.90. The van der Waals surface area contributed by atoms with E-state index in [9.17, 15) is 4.79 Å². The molecular weight excluding hydrogens is 316 g/mol. The van der Waals surface area contributed by atoms with Gasteiger partial charge in [-0.15, -0.1) is 0 Å². The maximum atomic E-state index is 12.6. The predicted octanol–water partition coefficient (Wildman–Crippen LogP) is 3.83. The average Bonchev–Trinajstić information content (AvgIpc) is 2.63. The van der Waals surface area contributed by atoms with Crippen LogP contribution in [0.1, 0.15) is 45.1 Å². The number of nitrogens with zero attached hydrogens (tertiary/aromatic N) is 1. The van der Waals surface area contributed by atoms with Crippen molar-refractivity contribution >= 4 is 11.7 Å². The Kier molecular flexibility index (Phi) is 5.97. The van der Waals surface area contributed by atoms with E-state index in [1.807, 2.05) is 30.0 Å². The number of benzene rings is 1. The molecular formula is C20H30N2O3. The van der Waals surface area contributed by atoms with E-state index >= 15 is 0 Å². The number of ether oxygens (including phenoxy) is 2. The number of hydrogen-bond donors (Lipinski definition) is 1. The van der Waals surface area contributed by atoms with Crippen molar-refractivity contribution in [2.75, 3.05) is 31.6 Å². The Morgan fingerprint density at radius 1 is 1.36 bits per heavy atom. The van der Waals surface area contributed by atoms with E-state index in [0.717, 1.165) is 64.1 Å². The van der Waals surface area contributed by atoms with Gasteiger partial charge >= 0.3 is 6.03 Å². The molecule has 0 bridgehead atoms. The summed E-state index contributed by atoms with van der Waals surface area (Å²) >= 11 is 0. The van der Waals surface area contributed by atoms with E-state index in [1.54, 1.807) is 0 Å². The van der Waals surface area contributed by atoms with Crippen LogP contribution in [0.3, 0.4) is 0 Å². The highest BCUT2D eigenvalue weighted by atomic mass is 16.5.